The molecule has 0 bridgehead atoms. The third-order valence-electron chi connectivity index (χ3n) is 1.83. The molecule has 0 amide bonds. The van der Waals surface area contributed by atoms with Gasteiger partial charge in [0.05, 0.1) is 11.8 Å². The third-order valence-corrected chi connectivity index (χ3v) is 3.32. The van der Waals surface area contributed by atoms with Crippen molar-refractivity contribution < 1.29 is 9.84 Å². The van der Waals surface area contributed by atoms with Gasteiger partial charge in [0.2, 0.25) is 0 Å². The molecule has 4 heteroatoms. The highest BCUT2D eigenvalue weighted by Crippen LogP contribution is 2.39. The van der Waals surface area contributed by atoms with Crippen molar-refractivity contribution in [2.45, 2.75) is 4.90 Å². The third kappa shape index (κ3) is 1.36. The molecule has 0 aliphatic heterocycles. The smallest absolute Gasteiger partial charge is 0.172 e. The van der Waals surface area contributed by atoms with Crippen LogP contribution in [0.2, 0.25) is 0 Å². The van der Waals surface area contributed by atoms with E-state index in [4.69, 9.17) is 4.74 Å². The quantitative estimate of drug-likeness (QED) is 0.712. The molecule has 0 atom stereocenters. The van der Waals surface area contributed by atoms with Crippen LogP contribution in [0.25, 0.3) is 10.1 Å². The van der Waals surface area contributed by atoms with E-state index in [0.717, 1.165) is 20.7 Å². The topological polar surface area (TPSA) is 29.5 Å². The van der Waals surface area contributed by atoms with E-state index < -0.39 is 0 Å². The molecule has 1 heterocycles. The fourth-order valence-corrected chi connectivity index (χ4v) is 2.41. The zero-order valence-corrected chi connectivity index (χ0v) is 8.65. The Labute approximate surface area is 85.2 Å². The molecule has 2 aromatic rings. The maximum absolute atomic E-state index is 9.33. The Morgan fingerprint density at radius 1 is 1.46 bits per heavy atom. The highest BCUT2D eigenvalue weighted by Gasteiger charge is 2.08. The minimum absolute atomic E-state index is 0.287. The van der Waals surface area contributed by atoms with Crippen molar-refractivity contribution in [3.8, 4) is 10.8 Å². The van der Waals surface area contributed by atoms with Crippen molar-refractivity contribution in [1.82, 2.24) is 0 Å². The summed E-state index contributed by atoms with van der Waals surface area (Å²) in [4.78, 5) is 0.862. The predicted molar refractivity (Wildman–Crippen MR) is 57.3 cm³/mol. The fraction of sp³-hybridized carbons (Fsp3) is 0.111. The first kappa shape index (κ1) is 8.72. The van der Waals surface area contributed by atoms with Gasteiger partial charge in [-0.25, -0.2) is 0 Å². The average Bonchev–Trinajstić information content (AvgIpc) is 2.48. The molecule has 68 valence electrons. The van der Waals surface area contributed by atoms with Crippen LogP contribution in [0.15, 0.2) is 23.1 Å². The molecule has 0 unspecified atom stereocenters. The van der Waals surface area contributed by atoms with Crippen LogP contribution in [0.4, 0.5) is 0 Å². The van der Waals surface area contributed by atoms with E-state index in [1.165, 1.54) is 11.3 Å². The van der Waals surface area contributed by atoms with E-state index in [9.17, 15) is 5.11 Å². The van der Waals surface area contributed by atoms with Gasteiger partial charge in [-0.05, 0) is 12.1 Å². The molecule has 13 heavy (non-hydrogen) atoms. The Bertz CT molecular complexity index is 448. The van der Waals surface area contributed by atoms with Crippen molar-refractivity contribution in [3.05, 3.63) is 18.2 Å². The van der Waals surface area contributed by atoms with Crippen molar-refractivity contribution in [1.29, 1.82) is 0 Å². The van der Waals surface area contributed by atoms with Crippen LogP contribution in [0.5, 0.6) is 10.8 Å². The van der Waals surface area contributed by atoms with Gasteiger partial charge >= 0.3 is 0 Å². The normalized spacial score (nSPS) is 10.6. The van der Waals surface area contributed by atoms with E-state index in [2.05, 4.69) is 12.6 Å². The second-order valence-corrected chi connectivity index (χ2v) is 4.13. The molecular weight excluding hydrogens is 204 g/mol. The number of hydrogen-bond acceptors (Lipinski definition) is 4. The summed E-state index contributed by atoms with van der Waals surface area (Å²) in [5.74, 6) is 0.768. The molecular formula is C9H8O2S2. The Morgan fingerprint density at radius 2 is 2.23 bits per heavy atom. The molecule has 1 N–H and O–H groups in total. The summed E-state index contributed by atoms with van der Waals surface area (Å²) in [7, 11) is 1.61. The maximum Gasteiger partial charge on any atom is 0.172 e. The van der Waals surface area contributed by atoms with Crippen molar-refractivity contribution in [2.75, 3.05) is 7.11 Å². The Kier molecular flexibility index (Phi) is 2.09. The number of methoxy groups -OCH3 is 1. The van der Waals surface area contributed by atoms with E-state index in [-0.39, 0.29) is 5.06 Å². The molecule has 0 fully saturated rings. The number of hydrogen-bond donors (Lipinski definition) is 2. The second kappa shape index (κ2) is 3.12. The first-order valence-corrected chi connectivity index (χ1v) is 4.97. The lowest BCUT2D eigenvalue weighted by molar-refractivity contribution is 0.419. The van der Waals surface area contributed by atoms with Gasteiger partial charge in [0.1, 0.15) is 5.75 Å². The lowest BCUT2D eigenvalue weighted by Gasteiger charge is -2.01. The van der Waals surface area contributed by atoms with Crippen LogP contribution in [-0.2, 0) is 0 Å². The lowest BCUT2D eigenvalue weighted by atomic mass is 10.2. The highest BCUT2D eigenvalue weighted by atomic mass is 32.1. The van der Waals surface area contributed by atoms with Gasteiger partial charge in [-0.1, -0.05) is 11.3 Å². The second-order valence-electron chi connectivity index (χ2n) is 2.61. The van der Waals surface area contributed by atoms with Crippen LogP contribution >= 0.6 is 24.0 Å². The number of thiol groups is 1. The standard InChI is InChI=1S/C9H8O2S2/c1-11-6-2-3-7(12)9-5(6)4-8(10)13-9/h2-4,10,12H,1H3. The lowest BCUT2D eigenvalue weighted by Crippen LogP contribution is -1.82. The van der Waals surface area contributed by atoms with E-state index in [1.807, 2.05) is 12.1 Å². The molecule has 2 nitrogen and oxygen atoms in total. The van der Waals surface area contributed by atoms with Gasteiger partial charge in [0.25, 0.3) is 0 Å². The predicted octanol–water partition coefficient (Wildman–Crippen LogP) is 2.90. The highest BCUT2D eigenvalue weighted by molar-refractivity contribution is 7.80. The minimum Gasteiger partial charge on any atom is -0.499 e. The summed E-state index contributed by atoms with van der Waals surface area (Å²) in [5, 5.41) is 10.5. The van der Waals surface area contributed by atoms with Crippen LogP contribution in [0.1, 0.15) is 0 Å². The van der Waals surface area contributed by atoms with Gasteiger partial charge in [-0.3, -0.25) is 0 Å². The number of thiophene rings is 1. The first-order valence-electron chi connectivity index (χ1n) is 3.71. The Morgan fingerprint density at radius 3 is 2.92 bits per heavy atom. The molecule has 2 rings (SSSR count). The van der Waals surface area contributed by atoms with E-state index in [1.54, 1.807) is 13.2 Å². The summed E-state index contributed by atoms with van der Waals surface area (Å²) in [5.41, 5.74) is 0. The van der Waals surface area contributed by atoms with Gasteiger partial charge < -0.3 is 9.84 Å². The van der Waals surface area contributed by atoms with E-state index in [0.29, 0.717) is 0 Å². The Hall–Kier alpha value is -0.870. The number of aromatic hydroxyl groups is 1. The van der Waals surface area contributed by atoms with Gasteiger partial charge in [-0.15, -0.1) is 12.6 Å². The molecule has 0 aliphatic carbocycles. The zero-order chi connectivity index (χ0) is 9.42. The van der Waals surface area contributed by atoms with E-state index >= 15 is 0 Å². The molecule has 0 saturated heterocycles. The zero-order valence-electron chi connectivity index (χ0n) is 6.94. The molecule has 0 aliphatic rings. The monoisotopic (exact) mass is 212 g/mol. The fourth-order valence-electron chi connectivity index (χ4n) is 1.25. The summed E-state index contributed by atoms with van der Waals surface area (Å²) in [6, 6.07) is 5.40. The number of ether oxygens (including phenoxy) is 1. The summed E-state index contributed by atoms with van der Waals surface area (Å²) < 4.78 is 6.12. The summed E-state index contributed by atoms with van der Waals surface area (Å²) in [6.07, 6.45) is 0. The summed E-state index contributed by atoms with van der Waals surface area (Å²) in [6.45, 7) is 0. The molecule has 1 aromatic carbocycles. The molecule has 0 saturated carbocycles. The number of benzene rings is 1. The largest absolute Gasteiger partial charge is 0.499 e. The summed E-state index contributed by atoms with van der Waals surface area (Å²) >= 11 is 5.60. The average molecular weight is 212 g/mol. The number of fused-ring (bicyclic) bond motifs is 1. The SMILES string of the molecule is COc1ccc(S)c2sc(O)cc12. The van der Waals surface area contributed by atoms with Gasteiger partial charge in [0.15, 0.2) is 5.06 Å². The van der Waals surface area contributed by atoms with Gasteiger partial charge in [-0.2, -0.15) is 0 Å². The van der Waals surface area contributed by atoms with Crippen LogP contribution in [0, 0.1) is 0 Å². The molecule has 1 aromatic heterocycles. The number of rotatable bonds is 1. The van der Waals surface area contributed by atoms with Crippen LogP contribution in [0.3, 0.4) is 0 Å². The van der Waals surface area contributed by atoms with Crippen molar-refractivity contribution in [3.63, 3.8) is 0 Å². The van der Waals surface area contributed by atoms with Gasteiger partial charge in [0, 0.05) is 16.3 Å². The Balaban J connectivity index is 2.83. The maximum atomic E-state index is 9.33. The van der Waals surface area contributed by atoms with Crippen molar-refractivity contribution in [2.24, 2.45) is 0 Å². The first-order chi connectivity index (χ1) is 6.22. The molecule has 0 radical (unpaired) electrons. The van der Waals surface area contributed by atoms with Crippen LogP contribution in [-0.4, -0.2) is 12.2 Å². The molecule has 0 spiro atoms. The minimum atomic E-state index is 0.287. The van der Waals surface area contributed by atoms with Crippen molar-refractivity contribution >= 4 is 34.1 Å². The van der Waals surface area contributed by atoms with Crippen LogP contribution < -0.4 is 4.74 Å².